The number of hydrogen-bond acceptors (Lipinski definition) is 2. The fourth-order valence-corrected chi connectivity index (χ4v) is 3.62. The fraction of sp³-hybridized carbons (Fsp3) is 0.391. The van der Waals surface area contributed by atoms with Crippen LogP contribution in [-0.2, 0) is 11.3 Å². The first-order valence-corrected chi connectivity index (χ1v) is 10.1. The summed E-state index contributed by atoms with van der Waals surface area (Å²) in [6.07, 6.45) is 2.56. The van der Waals surface area contributed by atoms with E-state index in [1.165, 1.54) is 5.56 Å². The number of nitrogens with one attached hydrogen (secondary N) is 2. The molecule has 0 saturated carbocycles. The zero-order valence-corrected chi connectivity index (χ0v) is 16.8. The van der Waals surface area contributed by atoms with Crippen molar-refractivity contribution in [3.05, 3.63) is 65.7 Å². The lowest BCUT2D eigenvalue weighted by Gasteiger charge is -2.22. The monoisotopic (exact) mass is 378 g/mol. The van der Waals surface area contributed by atoms with Crippen LogP contribution in [0.15, 0.2) is 59.6 Å². The molecule has 1 aliphatic rings. The van der Waals surface area contributed by atoms with Crippen LogP contribution < -0.4 is 10.6 Å². The van der Waals surface area contributed by atoms with E-state index in [2.05, 4.69) is 50.9 Å². The van der Waals surface area contributed by atoms with Gasteiger partial charge in [-0.1, -0.05) is 49.4 Å². The highest BCUT2D eigenvalue weighted by atomic mass is 16.1. The second-order valence-electron chi connectivity index (χ2n) is 7.24. The molecule has 2 aromatic rings. The molecule has 1 amide bonds. The summed E-state index contributed by atoms with van der Waals surface area (Å²) in [6.45, 7) is 4.72. The van der Waals surface area contributed by atoms with Gasteiger partial charge in [-0.05, 0) is 36.1 Å². The highest BCUT2D eigenvalue weighted by molar-refractivity contribution is 5.90. The van der Waals surface area contributed by atoms with Gasteiger partial charge in [-0.15, -0.1) is 0 Å². The Labute approximate surface area is 167 Å². The average molecular weight is 379 g/mol. The zero-order valence-electron chi connectivity index (χ0n) is 16.8. The van der Waals surface area contributed by atoms with Crippen LogP contribution in [0.2, 0.25) is 0 Å². The van der Waals surface area contributed by atoms with E-state index in [4.69, 9.17) is 0 Å². The van der Waals surface area contributed by atoms with Gasteiger partial charge in [0.1, 0.15) is 0 Å². The zero-order chi connectivity index (χ0) is 19.8. The minimum absolute atomic E-state index is 0.0655. The molecule has 5 heteroatoms. The quantitative estimate of drug-likeness (QED) is 0.590. The lowest BCUT2D eigenvalue weighted by Crippen LogP contribution is -2.39. The molecule has 0 spiro atoms. The Hall–Kier alpha value is -2.82. The van der Waals surface area contributed by atoms with E-state index in [1.54, 1.807) is 0 Å². The third-order valence-corrected chi connectivity index (χ3v) is 5.14. The molecule has 1 saturated heterocycles. The molecule has 1 heterocycles. The van der Waals surface area contributed by atoms with Crippen LogP contribution in [0.25, 0.3) is 0 Å². The highest BCUT2D eigenvalue weighted by Crippen LogP contribution is 2.26. The van der Waals surface area contributed by atoms with E-state index in [0.29, 0.717) is 18.9 Å². The van der Waals surface area contributed by atoms with E-state index < -0.39 is 0 Å². The third-order valence-electron chi connectivity index (χ3n) is 5.14. The van der Waals surface area contributed by atoms with E-state index in [-0.39, 0.29) is 5.91 Å². The van der Waals surface area contributed by atoms with Crippen LogP contribution in [-0.4, -0.2) is 36.9 Å². The molecule has 1 unspecified atom stereocenters. The third kappa shape index (κ3) is 5.35. The Morgan fingerprint density at radius 3 is 2.57 bits per heavy atom. The fourth-order valence-electron chi connectivity index (χ4n) is 3.62. The summed E-state index contributed by atoms with van der Waals surface area (Å²) >= 11 is 0. The lowest BCUT2D eigenvalue weighted by atomic mass is 9.99. The van der Waals surface area contributed by atoms with Crippen molar-refractivity contribution < 1.29 is 4.79 Å². The maximum atomic E-state index is 11.7. The van der Waals surface area contributed by atoms with Gasteiger partial charge in [0.05, 0.1) is 0 Å². The number of aliphatic imine (C=N–C) groups is 1. The summed E-state index contributed by atoms with van der Waals surface area (Å²) in [6, 6.07) is 18.7. The number of carbonyl (C=O) groups excluding carboxylic acids is 1. The molecule has 2 N–H and O–H groups in total. The summed E-state index contributed by atoms with van der Waals surface area (Å²) in [5, 5.41) is 6.39. The van der Waals surface area contributed by atoms with Crippen molar-refractivity contribution in [3.63, 3.8) is 0 Å². The number of guanidine groups is 1. The smallest absolute Gasteiger partial charge is 0.224 e. The minimum Gasteiger partial charge on any atom is -0.352 e. The molecular weight excluding hydrogens is 348 g/mol. The van der Waals surface area contributed by atoms with Crippen LogP contribution in [0.4, 0.5) is 5.69 Å². The van der Waals surface area contributed by atoms with Gasteiger partial charge in [-0.3, -0.25) is 9.79 Å². The lowest BCUT2D eigenvalue weighted by molar-refractivity contribution is -0.116. The van der Waals surface area contributed by atoms with Crippen molar-refractivity contribution in [2.24, 2.45) is 4.99 Å². The number of carbonyl (C=O) groups is 1. The van der Waals surface area contributed by atoms with Crippen molar-refractivity contribution in [2.75, 3.05) is 25.5 Å². The molecule has 28 heavy (non-hydrogen) atoms. The summed E-state index contributed by atoms with van der Waals surface area (Å²) < 4.78 is 0. The number of rotatable bonds is 6. The Kier molecular flexibility index (Phi) is 7.06. The summed E-state index contributed by atoms with van der Waals surface area (Å²) in [4.78, 5) is 18.5. The van der Waals surface area contributed by atoms with Crippen LogP contribution in [0.1, 0.15) is 43.2 Å². The second-order valence-corrected chi connectivity index (χ2v) is 7.24. The molecule has 0 bridgehead atoms. The number of benzene rings is 2. The molecule has 0 aromatic heterocycles. The van der Waals surface area contributed by atoms with Gasteiger partial charge >= 0.3 is 0 Å². The average Bonchev–Trinajstić information content (AvgIpc) is 3.21. The standard InChI is InChI=1S/C23H30N4O/c1-3-7-22(28)26-21-12-10-18(11-13-21)16-25-23(24-2)27-15-14-20(17-27)19-8-5-4-6-9-19/h4-6,8-13,20H,3,7,14-17H2,1-2H3,(H,24,25)(H,26,28). The molecule has 2 aromatic carbocycles. The Balaban J connectivity index is 1.51. The number of nitrogens with zero attached hydrogens (tertiary/aromatic N) is 2. The molecule has 0 aliphatic carbocycles. The van der Waals surface area contributed by atoms with Crippen molar-refractivity contribution in [2.45, 2.75) is 38.6 Å². The van der Waals surface area contributed by atoms with Crippen molar-refractivity contribution in [3.8, 4) is 0 Å². The first-order chi connectivity index (χ1) is 13.7. The summed E-state index contributed by atoms with van der Waals surface area (Å²) in [7, 11) is 1.84. The van der Waals surface area contributed by atoms with E-state index in [1.807, 2.05) is 38.2 Å². The molecule has 148 valence electrons. The maximum absolute atomic E-state index is 11.7. The number of amides is 1. The SMILES string of the molecule is CCCC(=O)Nc1ccc(CNC(=NC)N2CCC(c3ccccc3)C2)cc1. The van der Waals surface area contributed by atoms with Crippen LogP contribution in [0.5, 0.6) is 0 Å². The first-order valence-electron chi connectivity index (χ1n) is 10.1. The van der Waals surface area contributed by atoms with Gasteiger partial charge in [0.25, 0.3) is 0 Å². The molecule has 1 aliphatic heterocycles. The van der Waals surface area contributed by atoms with Crippen molar-refractivity contribution in [1.82, 2.24) is 10.2 Å². The molecule has 5 nitrogen and oxygen atoms in total. The number of anilines is 1. The van der Waals surface area contributed by atoms with Crippen molar-refractivity contribution in [1.29, 1.82) is 0 Å². The van der Waals surface area contributed by atoms with Gasteiger partial charge in [-0.2, -0.15) is 0 Å². The highest BCUT2D eigenvalue weighted by Gasteiger charge is 2.25. The molecular formula is C23H30N4O. The predicted octanol–water partition coefficient (Wildman–Crippen LogP) is 3.99. The Bertz CT molecular complexity index is 786. The van der Waals surface area contributed by atoms with Crippen LogP contribution in [0.3, 0.4) is 0 Å². The van der Waals surface area contributed by atoms with Crippen molar-refractivity contribution >= 4 is 17.6 Å². The Morgan fingerprint density at radius 2 is 1.89 bits per heavy atom. The van der Waals surface area contributed by atoms with Gasteiger partial charge in [0, 0.05) is 44.7 Å². The topological polar surface area (TPSA) is 56.7 Å². The van der Waals surface area contributed by atoms with E-state index in [0.717, 1.165) is 43.1 Å². The van der Waals surface area contributed by atoms with Gasteiger partial charge in [-0.25, -0.2) is 0 Å². The van der Waals surface area contributed by atoms with E-state index >= 15 is 0 Å². The van der Waals surface area contributed by atoms with Gasteiger partial charge in [0.15, 0.2) is 5.96 Å². The Morgan fingerprint density at radius 1 is 1.14 bits per heavy atom. The molecule has 0 radical (unpaired) electrons. The number of hydrogen-bond donors (Lipinski definition) is 2. The first kappa shape index (κ1) is 19.9. The van der Waals surface area contributed by atoms with Crippen LogP contribution >= 0.6 is 0 Å². The largest absolute Gasteiger partial charge is 0.352 e. The summed E-state index contributed by atoms with van der Waals surface area (Å²) in [5.74, 6) is 1.57. The number of likely N-dealkylation sites (tertiary alicyclic amines) is 1. The van der Waals surface area contributed by atoms with Gasteiger partial charge < -0.3 is 15.5 Å². The summed E-state index contributed by atoms with van der Waals surface area (Å²) in [5.41, 5.74) is 3.41. The molecule has 1 fully saturated rings. The normalized spacial score (nSPS) is 16.9. The molecule has 1 atom stereocenters. The van der Waals surface area contributed by atoms with Crippen LogP contribution in [0, 0.1) is 0 Å². The molecule has 3 rings (SSSR count). The minimum atomic E-state index is 0.0655. The maximum Gasteiger partial charge on any atom is 0.224 e. The van der Waals surface area contributed by atoms with Gasteiger partial charge in [0.2, 0.25) is 5.91 Å². The predicted molar refractivity (Wildman–Crippen MR) is 116 cm³/mol. The van der Waals surface area contributed by atoms with E-state index in [9.17, 15) is 4.79 Å². The second kappa shape index (κ2) is 9.93.